The van der Waals surface area contributed by atoms with Gasteiger partial charge in [-0.3, -0.25) is 0 Å². The predicted octanol–water partition coefficient (Wildman–Crippen LogP) is 9.41. The summed E-state index contributed by atoms with van der Waals surface area (Å²) in [7, 11) is 0. The third kappa shape index (κ3) is 4.83. The van der Waals surface area contributed by atoms with Gasteiger partial charge in [-0.1, -0.05) is 84.2 Å². The Hall–Kier alpha value is -1.28. The molecule has 0 radical (unpaired) electrons. The Morgan fingerprint density at radius 2 is 1.70 bits per heavy atom. The van der Waals surface area contributed by atoms with Crippen molar-refractivity contribution in [1.29, 1.82) is 0 Å². The monoisotopic (exact) mass is 504 g/mol. The zero-order valence-electron chi connectivity index (χ0n) is 24.9. The molecule has 3 fully saturated rings. The van der Waals surface area contributed by atoms with Crippen LogP contribution in [0.25, 0.3) is 0 Å². The number of fused-ring (bicyclic) bond motifs is 5. The van der Waals surface area contributed by atoms with Crippen LogP contribution in [0.4, 0.5) is 5.69 Å². The molecule has 1 aromatic carbocycles. The smallest absolute Gasteiger partial charge is 0.0520 e. The first-order valence-electron chi connectivity index (χ1n) is 16.0. The van der Waals surface area contributed by atoms with Gasteiger partial charge >= 0.3 is 0 Å². The van der Waals surface area contributed by atoms with E-state index in [0.717, 1.165) is 53.5 Å². The lowest BCUT2D eigenvalue weighted by Gasteiger charge is -2.59. The molecule has 0 aromatic heterocycles. The van der Waals surface area contributed by atoms with Crippen LogP contribution in [0.5, 0.6) is 0 Å². The molecule has 4 aliphatic carbocycles. The van der Waals surface area contributed by atoms with Crippen molar-refractivity contribution in [3.63, 3.8) is 0 Å². The second-order valence-electron chi connectivity index (χ2n) is 14.6. The highest BCUT2D eigenvalue weighted by molar-refractivity contribution is 5.46. The van der Waals surface area contributed by atoms with Crippen LogP contribution in [0.1, 0.15) is 112 Å². The van der Waals surface area contributed by atoms with Gasteiger partial charge in [-0.05, 0) is 122 Å². The third-order valence-electron chi connectivity index (χ3n) is 12.7. The standard InChI is InChI=1S/C35H56N2/c1-7-26(24(2)3)14-13-25(4)31-17-18-32-30-16-15-27-23-29(37(36)28-11-9-8-10-12-28)19-21-34(27,5)33(30)20-22-35(31,32)6/h8-12,15,24-26,29-33H,7,13-14,16-23,36H2,1-6H3. The molecule has 0 bridgehead atoms. The minimum Gasteiger partial charge on any atom is -0.308 e. The molecule has 1 aromatic rings. The Kier molecular flexibility index (Phi) is 7.90. The lowest BCUT2D eigenvalue weighted by molar-refractivity contribution is -0.0512. The van der Waals surface area contributed by atoms with E-state index < -0.39 is 0 Å². The summed E-state index contributed by atoms with van der Waals surface area (Å²) in [6.07, 6.45) is 17.8. The minimum atomic E-state index is 0.396. The van der Waals surface area contributed by atoms with E-state index in [4.69, 9.17) is 5.84 Å². The van der Waals surface area contributed by atoms with Gasteiger partial charge in [0.25, 0.3) is 0 Å². The fourth-order valence-corrected chi connectivity index (χ4v) is 10.4. The quantitative estimate of drug-likeness (QED) is 0.217. The highest BCUT2D eigenvalue weighted by Crippen LogP contribution is 2.67. The molecule has 0 spiro atoms. The van der Waals surface area contributed by atoms with Gasteiger partial charge in [0.15, 0.2) is 0 Å². The van der Waals surface area contributed by atoms with Crippen molar-refractivity contribution in [2.75, 3.05) is 5.01 Å². The molecule has 2 N–H and O–H groups in total. The zero-order chi connectivity index (χ0) is 26.4. The van der Waals surface area contributed by atoms with Crippen molar-refractivity contribution < 1.29 is 0 Å². The highest BCUT2D eigenvalue weighted by atomic mass is 15.4. The van der Waals surface area contributed by atoms with Crippen molar-refractivity contribution in [3.05, 3.63) is 42.0 Å². The van der Waals surface area contributed by atoms with E-state index in [2.05, 4.69) is 83.0 Å². The molecular formula is C35H56N2. The SMILES string of the molecule is CCC(CCC(C)C1CCC2C3CC=C4CC(N(N)c5ccccc5)CCC4(C)C3CCC12C)C(C)C. The number of anilines is 1. The Bertz CT molecular complexity index is 936. The van der Waals surface area contributed by atoms with Crippen LogP contribution in [0.3, 0.4) is 0 Å². The zero-order valence-corrected chi connectivity index (χ0v) is 24.9. The molecule has 0 aliphatic heterocycles. The van der Waals surface area contributed by atoms with E-state index >= 15 is 0 Å². The van der Waals surface area contributed by atoms with Crippen LogP contribution >= 0.6 is 0 Å². The predicted molar refractivity (Wildman–Crippen MR) is 159 cm³/mol. The number of nitrogens with two attached hydrogens (primary N) is 1. The molecule has 9 atom stereocenters. The van der Waals surface area contributed by atoms with Crippen LogP contribution in [-0.2, 0) is 0 Å². The van der Waals surface area contributed by atoms with Crippen LogP contribution in [0.2, 0.25) is 0 Å². The Morgan fingerprint density at radius 3 is 2.41 bits per heavy atom. The van der Waals surface area contributed by atoms with Crippen LogP contribution in [0, 0.1) is 52.3 Å². The molecule has 0 amide bonds. The normalized spacial score (nSPS) is 38.8. The summed E-state index contributed by atoms with van der Waals surface area (Å²) < 4.78 is 0. The summed E-state index contributed by atoms with van der Waals surface area (Å²) in [5, 5.41) is 2.07. The Morgan fingerprint density at radius 1 is 0.946 bits per heavy atom. The van der Waals surface area contributed by atoms with E-state index in [-0.39, 0.29) is 0 Å². The van der Waals surface area contributed by atoms with Gasteiger partial charge in [0.05, 0.1) is 5.69 Å². The van der Waals surface area contributed by atoms with Crippen molar-refractivity contribution in [2.45, 2.75) is 118 Å². The second-order valence-corrected chi connectivity index (χ2v) is 14.6. The molecule has 9 unspecified atom stereocenters. The van der Waals surface area contributed by atoms with Crippen LogP contribution in [0.15, 0.2) is 42.0 Å². The fourth-order valence-electron chi connectivity index (χ4n) is 10.4. The summed E-state index contributed by atoms with van der Waals surface area (Å²) in [6, 6.07) is 11.0. The summed E-state index contributed by atoms with van der Waals surface area (Å²) >= 11 is 0. The summed E-state index contributed by atoms with van der Waals surface area (Å²) in [4.78, 5) is 0. The van der Waals surface area contributed by atoms with Gasteiger partial charge in [0, 0.05) is 6.04 Å². The van der Waals surface area contributed by atoms with Crippen molar-refractivity contribution in [3.8, 4) is 0 Å². The molecular weight excluding hydrogens is 448 g/mol. The fraction of sp³-hybridized carbons (Fsp3) is 0.771. The first-order valence-corrected chi connectivity index (χ1v) is 16.0. The first kappa shape index (κ1) is 27.3. The Balaban J connectivity index is 1.28. The number of hydrogen-bond donors (Lipinski definition) is 1. The average molecular weight is 505 g/mol. The van der Waals surface area contributed by atoms with Gasteiger partial charge in [-0.2, -0.15) is 0 Å². The van der Waals surface area contributed by atoms with E-state index in [0.29, 0.717) is 16.9 Å². The molecule has 37 heavy (non-hydrogen) atoms. The Labute approximate surface area is 228 Å². The summed E-state index contributed by atoms with van der Waals surface area (Å²) in [5.41, 5.74) is 3.86. The molecule has 4 aliphatic rings. The minimum absolute atomic E-state index is 0.396. The molecule has 0 saturated heterocycles. The molecule has 2 heteroatoms. The largest absolute Gasteiger partial charge is 0.308 e. The third-order valence-corrected chi connectivity index (χ3v) is 12.7. The van der Waals surface area contributed by atoms with Crippen LogP contribution < -0.4 is 10.9 Å². The molecule has 206 valence electrons. The maximum absolute atomic E-state index is 6.67. The number of benzene rings is 1. The number of hydrazine groups is 1. The first-order chi connectivity index (χ1) is 17.7. The van der Waals surface area contributed by atoms with E-state index in [1.807, 2.05) is 0 Å². The van der Waals surface area contributed by atoms with Crippen molar-refractivity contribution in [1.82, 2.24) is 0 Å². The average Bonchev–Trinajstić information content (AvgIpc) is 3.25. The van der Waals surface area contributed by atoms with Crippen LogP contribution in [-0.4, -0.2) is 6.04 Å². The molecule has 2 nitrogen and oxygen atoms in total. The van der Waals surface area contributed by atoms with E-state index in [9.17, 15) is 0 Å². The highest BCUT2D eigenvalue weighted by Gasteiger charge is 2.59. The second kappa shape index (κ2) is 10.7. The summed E-state index contributed by atoms with van der Waals surface area (Å²) in [5.74, 6) is 13.0. The maximum Gasteiger partial charge on any atom is 0.0520 e. The van der Waals surface area contributed by atoms with Crippen molar-refractivity contribution in [2.24, 2.45) is 58.1 Å². The van der Waals surface area contributed by atoms with Gasteiger partial charge in [0.1, 0.15) is 0 Å². The van der Waals surface area contributed by atoms with Gasteiger partial charge < -0.3 is 5.01 Å². The molecule has 5 rings (SSSR count). The number of rotatable bonds is 8. The molecule has 3 saturated carbocycles. The van der Waals surface area contributed by atoms with Gasteiger partial charge in [-0.25, -0.2) is 5.84 Å². The van der Waals surface area contributed by atoms with Gasteiger partial charge in [-0.15, -0.1) is 0 Å². The summed E-state index contributed by atoms with van der Waals surface area (Å²) in [6.45, 7) is 15.2. The lowest BCUT2D eigenvalue weighted by atomic mass is 9.47. The topological polar surface area (TPSA) is 29.3 Å². The number of allylic oxidation sites excluding steroid dienone is 1. The van der Waals surface area contributed by atoms with E-state index in [1.165, 1.54) is 64.2 Å². The van der Waals surface area contributed by atoms with Crippen molar-refractivity contribution >= 4 is 5.69 Å². The number of hydrogen-bond acceptors (Lipinski definition) is 2. The lowest BCUT2D eigenvalue weighted by Crippen LogP contribution is -2.53. The van der Waals surface area contributed by atoms with Gasteiger partial charge in [0.2, 0.25) is 0 Å². The molecule has 0 heterocycles. The van der Waals surface area contributed by atoms with E-state index in [1.54, 1.807) is 5.57 Å². The maximum atomic E-state index is 6.67. The number of nitrogens with zero attached hydrogens (tertiary/aromatic N) is 1. The number of para-hydroxylation sites is 1.